The molecule has 0 aliphatic carbocycles. The Hall–Kier alpha value is -1.39. The average Bonchev–Trinajstić information content (AvgIpc) is 2.77. The van der Waals surface area contributed by atoms with Gasteiger partial charge in [-0.05, 0) is 26.5 Å². The van der Waals surface area contributed by atoms with Gasteiger partial charge in [0.15, 0.2) is 0 Å². The van der Waals surface area contributed by atoms with Gasteiger partial charge < -0.3 is 5.32 Å². The van der Waals surface area contributed by atoms with E-state index in [9.17, 15) is 4.39 Å². The molecule has 102 valence electrons. The summed E-state index contributed by atoms with van der Waals surface area (Å²) in [5.74, 6) is -0.207. The molecule has 1 N–H and O–H groups in total. The third kappa shape index (κ3) is 2.51. The predicted octanol–water partition coefficient (Wildman–Crippen LogP) is 3.31. The van der Waals surface area contributed by atoms with Crippen molar-refractivity contribution in [1.29, 1.82) is 0 Å². The summed E-state index contributed by atoms with van der Waals surface area (Å²) in [5, 5.41) is 7.87. The Morgan fingerprint density at radius 3 is 2.84 bits per heavy atom. The van der Waals surface area contributed by atoms with Gasteiger partial charge in [-0.25, -0.2) is 4.39 Å². The number of aryl methyl sites for hydroxylation is 2. The van der Waals surface area contributed by atoms with Gasteiger partial charge in [-0.3, -0.25) is 4.68 Å². The fraction of sp³-hybridized carbons (Fsp3) is 0.357. The third-order valence-electron chi connectivity index (χ3n) is 3.23. The van der Waals surface area contributed by atoms with E-state index < -0.39 is 0 Å². The van der Waals surface area contributed by atoms with Crippen molar-refractivity contribution < 1.29 is 4.39 Å². The fourth-order valence-corrected chi connectivity index (χ4v) is 2.49. The molecule has 0 amide bonds. The summed E-state index contributed by atoms with van der Waals surface area (Å²) in [6, 6.07) is 5.06. The maximum atomic E-state index is 14.3. The minimum absolute atomic E-state index is 0.207. The van der Waals surface area contributed by atoms with E-state index in [4.69, 9.17) is 11.6 Å². The van der Waals surface area contributed by atoms with Crippen molar-refractivity contribution in [2.45, 2.75) is 26.4 Å². The molecule has 5 heteroatoms. The van der Waals surface area contributed by atoms with Crippen LogP contribution in [0.1, 0.15) is 29.8 Å². The number of aromatic nitrogens is 2. The second kappa shape index (κ2) is 5.72. The van der Waals surface area contributed by atoms with Crippen LogP contribution in [0.25, 0.3) is 0 Å². The van der Waals surface area contributed by atoms with E-state index in [0.717, 1.165) is 5.69 Å². The van der Waals surface area contributed by atoms with Gasteiger partial charge >= 0.3 is 0 Å². The minimum Gasteiger partial charge on any atom is -0.308 e. The summed E-state index contributed by atoms with van der Waals surface area (Å²) in [4.78, 5) is 0. The first-order chi connectivity index (χ1) is 9.10. The van der Waals surface area contributed by atoms with Crippen LogP contribution < -0.4 is 5.32 Å². The molecule has 0 aliphatic rings. The Morgan fingerprint density at radius 1 is 1.47 bits per heavy atom. The van der Waals surface area contributed by atoms with Crippen molar-refractivity contribution in [2.24, 2.45) is 0 Å². The van der Waals surface area contributed by atoms with Crippen LogP contribution in [0.5, 0.6) is 0 Å². The van der Waals surface area contributed by atoms with Gasteiger partial charge in [-0.2, -0.15) is 5.10 Å². The zero-order valence-corrected chi connectivity index (χ0v) is 12.0. The van der Waals surface area contributed by atoms with Crippen molar-refractivity contribution >= 4 is 11.6 Å². The Labute approximate surface area is 117 Å². The molecule has 0 radical (unpaired) electrons. The average molecular weight is 282 g/mol. The summed E-state index contributed by atoms with van der Waals surface area (Å²) in [5.41, 5.74) is 1.99. The number of hydrogen-bond acceptors (Lipinski definition) is 2. The van der Waals surface area contributed by atoms with Gasteiger partial charge in [0.1, 0.15) is 5.82 Å². The van der Waals surface area contributed by atoms with Crippen molar-refractivity contribution in [3.63, 3.8) is 0 Å². The van der Waals surface area contributed by atoms with Gasteiger partial charge in [-0.15, -0.1) is 0 Å². The van der Waals surface area contributed by atoms with Crippen LogP contribution in [-0.2, 0) is 6.54 Å². The highest BCUT2D eigenvalue weighted by Crippen LogP contribution is 2.30. The molecule has 0 fully saturated rings. The Kier molecular flexibility index (Phi) is 4.22. The third-order valence-corrected chi connectivity index (χ3v) is 3.52. The summed E-state index contributed by atoms with van der Waals surface area (Å²) in [7, 11) is 1.79. The molecule has 1 aromatic carbocycles. The van der Waals surface area contributed by atoms with Gasteiger partial charge in [0, 0.05) is 12.1 Å². The van der Waals surface area contributed by atoms with E-state index in [-0.39, 0.29) is 11.9 Å². The van der Waals surface area contributed by atoms with E-state index in [1.165, 1.54) is 0 Å². The zero-order chi connectivity index (χ0) is 14.0. The Bertz CT molecular complexity index is 580. The molecule has 2 aromatic rings. The highest BCUT2D eigenvalue weighted by atomic mass is 35.5. The van der Waals surface area contributed by atoms with Crippen LogP contribution in [0.2, 0.25) is 5.02 Å². The lowest BCUT2D eigenvalue weighted by molar-refractivity contribution is 0.530. The number of hydrogen-bond donors (Lipinski definition) is 1. The summed E-state index contributed by atoms with van der Waals surface area (Å²) in [6.07, 6.45) is 1.60. The molecule has 0 bridgehead atoms. The van der Waals surface area contributed by atoms with Crippen LogP contribution in [0.3, 0.4) is 0 Å². The first kappa shape index (κ1) is 14.0. The van der Waals surface area contributed by atoms with Crippen LogP contribution in [0.15, 0.2) is 24.4 Å². The molecule has 0 aliphatic heterocycles. The quantitative estimate of drug-likeness (QED) is 0.932. The zero-order valence-electron chi connectivity index (χ0n) is 11.2. The molecule has 0 saturated heterocycles. The lowest BCUT2D eigenvalue weighted by Crippen LogP contribution is -2.23. The van der Waals surface area contributed by atoms with Crippen LogP contribution in [0, 0.1) is 12.7 Å². The second-order valence-electron chi connectivity index (χ2n) is 4.39. The molecular weight excluding hydrogens is 265 g/mol. The molecule has 3 nitrogen and oxygen atoms in total. The smallest absolute Gasteiger partial charge is 0.131 e. The normalized spacial score (nSPS) is 12.7. The second-order valence-corrected chi connectivity index (χ2v) is 4.80. The Morgan fingerprint density at radius 2 is 2.21 bits per heavy atom. The molecule has 0 spiro atoms. The topological polar surface area (TPSA) is 29.9 Å². The number of halogens is 2. The first-order valence-corrected chi connectivity index (χ1v) is 6.61. The van der Waals surface area contributed by atoms with Crippen molar-refractivity contribution in [1.82, 2.24) is 15.1 Å². The number of nitrogens with zero attached hydrogens (tertiary/aromatic N) is 2. The number of rotatable bonds is 4. The monoisotopic (exact) mass is 281 g/mol. The van der Waals surface area contributed by atoms with Crippen LogP contribution >= 0.6 is 11.6 Å². The van der Waals surface area contributed by atoms with E-state index >= 15 is 0 Å². The minimum atomic E-state index is -0.310. The van der Waals surface area contributed by atoms with Crippen molar-refractivity contribution in [3.05, 3.63) is 52.1 Å². The molecule has 2 rings (SSSR count). The van der Waals surface area contributed by atoms with Crippen molar-refractivity contribution in [3.8, 4) is 0 Å². The fourth-order valence-electron chi connectivity index (χ4n) is 2.24. The summed E-state index contributed by atoms with van der Waals surface area (Å²) >= 11 is 6.19. The first-order valence-electron chi connectivity index (χ1n) is 6.23. The lowest BCUT2D eigenvalue weighted by atomic mass is 10.0. The largest absolute Gasteiger partial charge is 0.308 e. The summed E-state index contributed by atoms with van der Waals surface area (Å²) in [6.45, 7) is 4.42. The molecule has 1 aromatic heterocycles. The van der Waals surface area contributed by atoms with Gasteiger partial charge in [0.2, 0.25) is 0 Å². The van der Waals surface area contributed by atoms with E-state index in [0.29, 0.717) is 22.7 Å². The van der Waals surface area contributed by atoms with Gasteiger partial charge in [0.05, 0.1) is 23.0 Å². The van der Waals surface area contributed by atoms with Crippen LogP contribution in [-0.4, -0.2) is 16.8 Å². The SMILES string of the molecule is CCn1ncc(Cl)c1C(NC)c1cccc(C)c1F. The highest BCUT2D eigenvalue weighted by molar-refractivity contribution is 6.31. The molecule has 1 heterocycles. The van der Waals surface area contributed by atoms with E-state index in [1.807, 2.05) is 13.0 Å². The van der Waals surface area contributed by atoms with E-state index in [1.54, 1.807) is 37.0 Å². The highest BCUT2D eigenvalue weighted by Gasteiger charge is 2.23. The number of benzene rings is 1. The summed E-state index contributed by atoms with van der Waals surface area (Å²) < 4.78 is 16.1. The van der Waals surface area contributed by atoms with Crippen LogP contribution in [0.4, 0.5) is 4.39 Å². The standard InChI is InChI=1S/C14H17ClFN3/c1-4-19-14(11(15)8-18-19)13(17-3)10-7-5-6-9(2)12(10)16/h5-8,13,17H,4H2,1-3H3. The van der Waals surface area contributed by atoms with Crippen molar-refractivity contribution in [2.75, 3.05) is 7.05 Å². The number of nitrogens with one attached hydrogen (secondary N) is 1. The lowest BCUT2D eigenvalue weighted by Gasteiger charge is -2.20. The molecular formula is C14H17ClFN3. The predicted molar refractivity (Wildman–Crippen MR) is 75.0 cm³/mol. The maximum Gasteiger partial charge on any atom is 0.131 e. The molecule has 1 unspecified atom stereocenters. The molecule has 19 heavy (non-hydrogen) atoms. The van der Waals surface area contributed by atoms with Gasteiger partial charge in [0.25, 0.3) is 0 Å². The van der Waals surface area contributed by atoms with E-state index in [2.05, 4.69) is 10.4 Å². The van der Waals surface area contributed by atoms with Gasteiger partial charge in [-0.1, -0.05) is 29.8 Å². The molecule has 1 atom stereocenters. The maximum absolute atomic E-state index is 14.3. The Balaban J connectivity index is 2.56. The molecule has 0 saturated carbocycles.